The summed E-state index contributed by atoms with van der Waals surface area (Å²) < 4.78 is 5.71. The molecule has 2 nitrogen and oxygen atoms in total. The van der Waals surface area contributed by atoms with Gasteiger partial charge < -0.3 is 10.1 Å². The Bertz CT molecular complexity index is 543. The number of hydrogen-bond acceptors (Lipinski definition) is 2. The minimum Gasteiger partial charge on any atom is -0.493 e. The lowest BCUT2D eigenvalue weighted by Gasteiger charge is -2.16. The first-order chi connectivity index (χ1) is 10.0. The predicted octanol–water partition coefficient (Wildman–Crippen LogP) is 5.20. The highest BCUT2D eigenvalue weighted by Crippen LogP contribution is 2.22. The molecule has 0 aliphatic heterocycles. The monoisotopic (exact) mass is 283 g/mol. The molecular formula is C19H25NO. The maximum absolute atomic E-state index is 5.71. The molecule has 2 aromatic carbocycles. The Hall–Kier alpha value is -1.96. The highest BCUT2D eigenvalue weighted by molar-refractivity contribution is 5.46. The number of aryl methyl sites for hydroxylation is 1. The molecule has 0 amide bonds. The van der Waals surface area contributed by atoms with Crippen LogP contribution in [0.2, 0.25) is 0 Å². The van der Waals surface area contributed by atoms with E-state index in [4.69, 9.17) is 4.74 Å². The fourth-order valence-corrected chi connectivity index (χ4v) is 2.10. The second-order valence-electron chi connectivity index (χ2n) is 6.01. The molecule has 0 aliphatic carbocycles. The van der Waals surface area contributed by atoms with Crippen molar-refractivity contribution < 1.29 is 4.74 Å². The van der Waals surface area contributed by atoms with Crippen molar-refractivity contribution in [3.05, 3.63) is 59.7 Å². The fourth-order valence-electron chi connectivity index (χ4n) is 2.10. The normalized spacial score (nSPS) is 12.2. The number of rotatable bonds is 6. The van der Waals surface area contributed by atoms with E-state index < -0.39 is 0 Å². The lowest BCUT2D eigenvalue weighted by Crippen LogP contribution is -2.07. The van der Waals surface area contributed by atoms with Gasteiger partial charge in [-0.1, -0.05) is 43.7 Å². The molecule has 0 aromatic heterocycles. The third-order valence-electron chi connectivity index (χ3n) is 3.40. The summed E-state index contributed by atoms with van der Waals surface area (Å²) in [6, 6.07) is 17.1. The first kappa shape index (κ1) is 15.4. The zero-order valence-corrected chi connectivity index (χ0v) is 13.4. The molecule has 1 unspecified atom stereocenters. The lowest BCUT2D eigenvalue weighted by molar-refractivity contribution is 0.271. The summed E-state index contributed by atoms with van der Waals surface area (Å²) in [4.78, 5) is 0. The van der Waals surface area contributed by atoms with Gasteiger partial charge in [-0.2, -0.15) is 0 Å². The molecule has 0 bridgehead atoms. The topological polar surface area (TPSA) is 21.3 Å². The molecule has 1 N–H and O–H groups in total. The van der Waals surface area contributed by atoms with E-state index in [2.05, 4.69) is 69.4 Å². The average molecular weight is 283 g/mol. The van der Waals surface area contributed by atoms with E-state index in [1.165, 1.54) is 11.1 Å². The van der Waals surface area contributed by atoms with E-state index in [9.17, 15) is 0 Å². The van der Waals surface area contributed by atoms with Crippen molar-refractivity contribution in [2.75, 3.05) is 11.9 Å². The molecule has 2 aromatic rings. The predicted molar refractivity (Wildman–Crippen MR) is 90.0 cm³/mol. The van der Waals surface area contributed by atoms with Gasteiger partial charge in [-0.25, -0.2) is 0 Å². The summed E-state index contributed by atoms with van der Waals surface area (Å²) in [5, 5.41) is 3.51. The summed E-state index contributed by atoms with van der Waals surface area (Å²) in [7, 11) is 0. The van der Waals surface area contributed by atoms with Crippen LogP contribution in [0.1, 0.15) is 37.9 Å². The van der Waals surface area contributed by atoms with Crippen LogP contribution in [0.15, 0.2) is 48.5 Å². The van der Waals surface area contributed by atoms with Gasteiger partial charge in [0.05, 0.1) is 6.61 Å². The maximum atomic E-state index is 5.71. The van der Waals surface area contributed by atoms with E-state index in [1.54, 1.807) is 0 Å². The molecule has 2 rings (SSSR count). The van der Waals surface area contributed by atoms with E-state index in [0.29, 0.717) is 5.92 Å². The van der Waals surface area contributed by atoms with Gasteiger partial charge in [0.1, 0.15) is 5.75 Å². The molecule has 0 saturated carbocycles. The Morgan fingerprint density at radius 2 is 1.52 bits per heavy atom. The molecular weight excluding hydrogens is 258 g/mol. The van der Waals surface area contributed by atoms with Crippen LogP contribution in [0.3, 0.4) is 0 Å². The molecule has 112 valence electrons. The molecule has 0 spiro atoms. The number of anilines is 1. The number of ether oxygens (including phenoxy) is 1. The van der Waals surface area contributed by atoms with Crippen LogP contribution < -0.4 is 10.1 Å². The molecule has 0 saturated heterocycles. The highest BCUT2D eigenvalue weighted by Gasteiger charge is 2.06. The zero-order chi connectivity index (χ0) is 15.2. The Balaban J connectivity index is 1.96. The van der Waals surface area contributed by atoms with Crippen LogP contribution >= 0.6 is 0 Å². The number of benzene rings is 2. The molecule has 2 heteroatoms. The summed E-state index contributed by atoms with van der Waals surface area (Å²) >= 11 is 0. The quantitative estimate of drug-likeness (QED) is 0.786. The van der Waals surface area contributed by atoms with Crippen LogP contribution in [0, 0.1) is 12.8 Å². The molecule has 1 atom stereocenters. The van der Waals surface area contributed by atoms with Crippen molar-refractivity contribution in [2.45, 2.75) is 33.7 Å². The molecule has 21 heavy (non-hydrogen) atoms. The van der Waals surface area contributed by atoms with Crippen LogP contribution in [0.5, 0.6) is 5.75 Å². The largest absolute Gasteiger partial charge is 0.493 e. The minimum absolute atomic E-state index is 0.270. The first-order valence-electron chi connectivity index (χ1n) is 7.60. The van der Waals surface area contributed by atoms with Gasteiger partial charge in [-0.15, -0.1) is 0 Å². The van der Waals surface area contributed by atoms with Crippen molar-refractivity contribution in [3.8, 4) is 5.75 Å². The third-order valence-corrected chi connectivity index (χ3v) is 3.40. The van der Waals surface area contributed by atoms with Crippen molar-refractivity contribution in [1.29, 1.82) is 0 Å². The van der Waals surface area contributed by atoms with Crippen molar-refractivity contribution in [3.63, 3.8) is 0 Å². The summed E-state index contributed by atoms with van der Waals surface area (Å²) in [6.45, 7) is 9.34. The third kappa shape index (κ3) is 4.82. The standard InChI is InChI=1S/C19H25NO/c1-14(2)13-21-19-11-7-17(8-12-19)16(4)20-18-9-5-15(3)6-10-18/h5-12,14,16,20H,13H2,1-4H3. The Morgan fingerprint density at radius 1 is 0.905 bits per heavy atom. The van der Waals surface area contributed by atoms with E-state index in [0.717, 1.165) is 18.0 Å². The van der Waals surface area contributed by atoms with Gasteiger partial charge in [-0.3, -0.25) is 0 Å². The van der Waals surface area contributed by atoms with E-state index in [-0.39, 0.29) is 6.04 Å². The average Bonchev–Trinajstić information content (AvgIpc) is 2.48. The fraction of sp³-hybridized carbons (Fsp3) is 0.368. The van der Waals surface area contributed by atoms with Gasteiger partial charge in [0.15, 0.2) is 0 Å². The Morgan fingerprint density at radius 3 is 2.10 bits per heavy atom. The molecule has 0 fully saturated rings. The maximum Gasteiger partial charge on any atom is 0.119 e. The van der Waals surface area contributed by atoms with Gasteiger partial charge in [0.25, 0.3) is 0 Å². The Kier molecular flexibility index (Phi) is 5.26. The second-order valence-corrected chi connectivity index (χ2v) is 6.01. The zero-order valence-electron chi connectivity index (χ0n) is 13.4. The smallest absolute Gasteiger partial charge is 0.119 e. The summed E-state index contributed by atoms with van der Waals surface area (Å²) in [5.74, 6) is 1.49. The van der Waals surface area contributed by atoms with Gasteiger partial charge in [0, 0.05) is 11.7 Å². The first-order valence-corrected chi connectivity index (χ1v) is 7.60. The van der Waals surface area contributed by atoms with Crippen LogP contribution in [-0.4, -0.2) is 6.61 Å². The van der Waals surface area contributed by atoms with Crippen molar-refractivity contribution in [2.24, 2.45) is 5.92 Å². The minimum atomic E-state index is 0.270. The van der Waals surface area contributed by atoms with Gasteiger partial charge >= 0.3 is 0 Å². The Labute approximate surface area is 128 Å². The molecule has 0 radical (unpaired) electrons. The van der Waals surface area contributed by atoms with E-state index >= 15 is 0 Å². The van der Waals surface area contributed by atoms with E-state index in [1.807, 2.05) is 12.1 Å². The van der Waals surface area contributed by atoms with Crippen molar-refractivity contribution >= 4 is 5.69 Å². The lowest BCUT2D eigenvalue weighted by atomic mass is 10.1. The van der Waals surface area contributed by atoms with Crippen LogP contribution in [-0.2, 0) is 0 Å². The SMILES string of the molecule is Cc1ccc(NC(C)c2ccc(OCC(C)C)cc2)cc1. The molecule has 0 aliphatic rings. The highest BCUT2D eigenvalue weighted by atomic mass is 16.5. The summed E-state index contributed by atoms with van der Waals surface area (Å²) in [5.41, 5.74) is 3.68. The van der Waals surface area contributed by atoms with Crippen LogP contribution in [0.25, 0.3) is 0 Å². The van der Waals surface area contributed by atoms with Gasteiger partial charge in [0.2, 0.25) is 0 Å². The van der Waals surface area contributed by atoms with Gasteiger partial charge in [-0.05, 0) is 49.6 Å². The number of nitrogens with one attached hydrogen (secondary N) is 1. The number of hydrogen-bond donors (Lipinski definition) is 1. The van der Waals surface area contributed by atoms with Crippen LogP contribution in [0.4, 0.5) is 5.69 Å². The molecule has 0 heterocycles. The summed E-state index contributed by atoms with van der Waals surface area (Å²) in [6.07, 6.45) is 0. The van der Waals surface area contributed by atoms with Crippen molar-refractivity contribution in [1.82, 2.24) is 0 Å². The second kappa shape index (κ2) is 7.16.